The second-order valence-electron chi connectivity index (χ2n) is 11.8. The first-order chi connectivity index (χ1) is 22.8. The van der Waals surface area contributed by atoms with Gasteiger partial charge in [-0.2, -0.15) is 0 Å². The molecule has 0 fully saturated rings. The number of amides is 3. The molecule has 0 aliphatic heterocycles. The predicted molar refractivity (Wildman–Crippen MR) is 178 cm³/mol. The molecule has 1 radical (unpaired) electrons. The molecule has 0 aliphatic rings. The summed E-state index contributed by atoms with van der Waals surface area (Å²) in [6.45, 7) is 2.80. The highest BCUT2D eigenvalue weighted by molar-refractivity contribution is 5.87. The van der Waals surface area contributed by atoms with Crippen molar-refractivity contribution in [3.05, 3.63) is 0 Å². The molecular formula is C34H60N3O10. The summed E-state index contributed by atoms with van der Waals surface area (Å²) in [6.07, 6.45) is 18.2. The highest BCUT2D eigenvalue weighted by Crippen LogP contribution is 2.13. The van der Waals surface area contributed by atoms with Crippen molar-refractivity contribution in [3.8, 4) is 0 Å². The maximum Gasteiger partial charge on any atom is 0.326 e. The lowest BCUT2D eigenvalue weighted by Gasteiger charge is -2.13. The molecule has 0 aromatic rings. The summed E-state index contributed by atoms with van der Waals surface area (Å²) < 4.78 is 11.0. The highest BCUT2D eigenvalue weighted by Gasteiger charge is 2.19. The Balaban J connectivity index is 3.40. The third-order valence-corrected chi connectivity index (χ3v) is 7.49. The van der Waals surface area contributed by atoms with E-state index in [1.165, 1.54) is 51.4 Å². The molecule has 0 aromatic heterocycles. The molecule has 13 heteroatoms. The minimum Gasteiger partial charge on any atom is -0.481 e. The first kappa shape index (κ1) is 43.9. The van der Waals surface area contributed by atoms with E-state index in [-0.39, 0.29) is 37.5 Å². The molecule has 0 saturated heterocycles. The molecule has 0 unspecified atom stereocenters. The van der Waals surface area contributed by atoms with Gasteiger partial charge in [-0.15, -0.1) is 0 Å². The number of carboxylic acids is 2. The van der Waals surface area contributed by atoms with Crippen LogP contribution in [0.3, 0.4) is 0 Å². The lowest BCUT2D eigenvalue weighted by Crippen LogP contribution is -2.41. The van der Waals surface area contributed by atoms with Gasteiger partial charge >= 0.3 is 11.9 Å². The van der Waals surface area contributed by atoms with Gasteiger partial charge in [0, 0.05) is 58.4 Å². The number of hydrogen-bond donors (Lipinski definition) is 5. The standard InChI is InChI=1S/C34H60N3O10/c38-24-14-17-29(34(44)45)37-32(41)21-20-31(40)36-23-16-26-47-28-27-46-25-15-22-35-30(39)18-12-10-8-6-4-2-1-3-5-7-9-11-13-19-33(42)43/h29H,1-23,25-28H2,(H,35,39)(H,36,40)(H,37,41)(H,42,43)(H,44,45)/t29-/m0/s1. The Morgan fingerprint density at radius 2 is 0.957 bits per heavy atom. The van der Waals surface area contributed by atoms with E-state index in [0.29, 0.717) is 58.8 Å². The topological polar surface area (TPSA) is 197 Å². The lowest BCUT2D eigenvalue weighted by molar-refractivity contribution is -0.142. The zero-order valence-electron chi connectivity index (χ0n) is 28.3. The molecule has 271 valence electrons. The molecule has 0 bridgehead atoms. The van der Waals surface area contributed by atoms with Gasteiger partial charge in [0.2, 0.25) is 17.7 Å². The van der Waals surface area contributed by atoms with Crippen LogP contribution < -0.4 is 16.0 Å². The van der Waals surface area contributed by atoms with Crippen molar-refractivity contribution in [2.24, 2.45) is 0 Å². The number of aliphatic carboxylic acids is 2. The van der Waals surface area contributed by atoms with Crippen LogP contribution in [-0.2, 0) is 38.2 Å². The van der Waals surface area contributed by atoms with E-state index >= 15 is 0 Å². The molecule has 0 spiro atoms. The van der Waals surface area contributed by atoms with Gasteiger partial charge in [0.05, 0.1) is 13.2 Å². The number of hydrogen-bond acceptors (Lipinski definition) is 8. The fourth-order valence-corrected chi connectivity index (χ4v) is 4.76. The zero-order chi connectivity index (χ0) is 34.8. The monoisotopic (exact) mass is 670 g/mol. The summed E-state index contributed by atoms with van der Waals surface area (Å²) in [5, 5.41) is 25.6. The van der Waals surface area contributed by atoms with E-state index in [1.807, 2.05) is 0 Å². The Morgan fingerprint density at radius 1 is 0.532 bits per heavy atom. The second-order valence-corrected chi connectivity index (χ2v) is 11.8. The van der Waals surface area contributed by atoms with Crippen molar-refractivity contribution in [2.45, 2.75) is 141 Å². The van der Waals surface area contributed by atoms with Gasteiger partial charge in [-0.1, -0.05) is 70.6 Å². The van der Waals surface area contributed by atoms with Gasteiger partial charge in [-0.3, -0.25) is 24.0 Å². The van der Waals surface area contributed by atoms with Crippen LogP contribution in [0.25, 0.3) is 0 Å². The third kappa shape index (κ3) is 32.7. The molecular weight excluding hydrogens is 610 g/mol. The van der Waals surface area contributed by atoms with Crippen LogP contribution in [0.15, 0.2) is 0 Å². The predicted octanol–water partition coefficient (Wildman–Crippen LogP) is 4.21. The summed E-state index contributed by atoms with van der Waals surface area (Å²) in [5.41, 5.74) is 0. The van der Waals surface area contributed by atoms with Gasteiger partial charge < -0.3 is 35.6 Å². The van der Waals surface area contributed by atoms with Crippen LogP contribution in [0.5, 0.6) is 0 Å². The number of nitrogens with one attached hydrogen (secondary N) is 3. The summed E-state index contributed by atoms with van der Waals surface area (Å²) in [6, 6.07) is -1.18. The van der Waals surface area contributed by atoms with E-state index in [0.717, 1.165) is 38.5 Å². The Labute approximate surface area is 280 Å². The van der Waals surface area contributed by atoms with Crippen LogP contribution in [0.1, 0.15) is 135 Å². The van der Waals surface area contributed by atoms with E-state index in [4.69, 9.17) is 19.7 Å². The van der Waals surface area contributed by atoms with Crippen molar-refractivity contribution in [1.82, 2.24) is 16.0 Å². The van der Waals surface area contributed by atoms with Crippen LogP contribution in [0.2, 0.25) is 0 Å². The molecule has 13 nitrogen and oxygen atoms in total. The Bertz CT molecular complexity index is 856. The minimum atomic E-state index is -1.24. The van der Waals surface area contributed by atoms with Crippen LogP contribution in [0.4, 0.5) is 0 Å². The van der Waals surface area contributed by atoms with Gasteiger partial charge in [-0.25, -0.2) is 4.79 Å². The summed E-state index contributed by atoms with van der Waals surface area (Å²) >= 11 is 0. The first-order valence-electron chi connectivity index (χ1n) is 17.5. The minimum absolute atomic E-state index is 0.0491. The quantitative estimate of drug-likeness (QED) is 0.0609. The molecule has 0 heterocycles. The Kier molecular flexibility index (Phi) is 30.7. The molecule has 0 aromatic carbocycles. The Morgan fingerprint density at radius 3 is 1.40 bits per heavy atom. The molecule has 5 N–H and O–H groups in total. The number of carboxylic acid groups (broad SMARTS) is 2. The maximum atomic E-state index is 12.0. The van der Waals surface area contributed by atoms with Crippen molar-refractivity contribution in [3.63, 3.8) is 0 Å². The first-order valence-corrected chi connectivity index (χ1v) is 17.5. The average molecular weight is 671 g/mol. The van der Waals surface area contributed by atoms with Crippen molar-refractivity contribution in [1.29, 1.82) is 0 Å². The van der Waals surface area contributed by atoms with Crippen LogP contribution >= 0.6 is 0 Å². The van der Waals surface area contributed by atoms with Gasteiger partial charge in [0.1, 0.15) is 6.04 Å². The molecule has 47 heavy (non-hydrogen) atoms. The summed E-state index contributed by atoms with van der Waals surface area (Å²) in [5.74, 6) is -2.74. The Hall–Kier alpha value is -3.06. The normalized spacial score (nSPS) is 11.5. The van der Waals surface area contributed by atoms with E-state index in [9.17, 15) is 28.8 Å². The molecule has 0 rings (SSSR count). The fourth-order valence-electron chi connectivity index (χ4n) is 4.76. The number of unbranched alkanes of at least 4 members (excludes halogenated alkanes) is 12. The number of ether oxygens (including phenoxy) is 2. The lowest BCUT2D eigenvalue weighted by atomic mass is 10.0. The summed E-state index contributed by atoms with van der Waals surface area (Å²) in [4.78, 5) is 67.5. The number of carbonyl (C=O) groups is 5. The maximum absolute atomic E-state index is 12.0. The fraction of sp³-hybridized carbons (Fsp3) is 0.824. The third-order valence-electron chi connectivity index (χ3n) is 7.49. The molecule has 0 saturated carbocycles. The molecule has 0 aliphatic carbocycles. The second kappa shape index (κ2) is 32.9. The zero-order valence-corrected chi connectivity index (χ0v) is 28.3. The van der Waals surface area contributed by atoms with Gasteiger partial charge in [-0.05, 0) is 32.1 Å². The van der Waals surface area contributed by atoms with E-state index in [2.05, 4.69) is 16.0 Å². The molecule has 1 atom stereocenters. The van der Waals surface area contributed by atoms with E-state index < -0.39 is 23.9 Å². The van der Waals surface area contributed by atoms with Crippen molar-refractivity contribution in [2.75, 3.05) is 39.5 Å². The largest absolute Gasteiger partial charge is 0.481 e. The SMILES string of the molecule is O=[C]CC[C@H](NC(=O)CCC(=O)NCCCOCCOCCCNC(=O)CCCCCCCCCCCCCCCC(=O)O)C(=O)O. The molecule has 3 amide bonds. The number of rotatable bonds is 35. The number of carbonyl (C=O) groups excluding carboxylic acids is 4. The average Bonchev–Trinajstić information content (AvgIpc) is 3.04. The smallest absolute Gasteiger partial charge is 0.326 e. The van der Waals surface area contributed by atoms with Crippen molar-refractivity contribution < 1.29 is 48.5 Å². The van der Waals surface area contributed by atoms with Gasteiger partial charge in [0.25, 0.3) is 0 Å². The van der Waals surface area contributed by atoms with Crippen LogP contribution in [-0.4, -0.2) is 91.7 Å². The van der Waals surface area contributed by atoms with Crippen molar-refractivity contribution >= 4 is 35.9 Å². The van der Waals surface area contributed by atoms with Gasteiger partial charge in [0.15, 0.2) is 6.29 Å². The van der Waals surface area contributed by atoms with E-state index in [1.54, 1.807) is 6.29 Å². The highest BCUT2D eigenvalue weighted by atomic mass is 16.5. The van der Waals surface area contributed by atoms with Crippen LogP contribution in [0, 0.1) is 0 Å². The summed E-state index contributed by atoms with van der Waals surface area (Å²) in [7, 11) is 0.